The van der Waals surface area contributed by atoms with Crippen LogP contribution < -0.4 is 0 Å². The van der Waals surface area contributed by atoms with Crippen LogP contribution >= 0.6 is 22.7 Å². The molecule has 0 atom stereocenters. The van der Waals surface area contributed by atoms with E-state index in [2.05, 4.69) is 54.9 Å². The molecular weight excluding hydrogens is 695 g/mol. The lowest BCUT2D eigenvalue weighted by Crippen LogP contribution is -2.01. The number of aromatic nitrogens is 8. The first-order chi connectivity index (χ1) is 25.6. The Hall–Kier alpha value is -6.24. The van der Waals surface area contributed by atoms with Gasteiger partial charge in [0.2, 0.25) is 0 Å². The van der Waals surface area contributed by atoms with Crippen molar-refractivity contribution in [1.29, 1.82) is 0 Å². The lowest BCUT2D eigenvalue weighted by atomic mass is 10.2. The Bertz CT molecular complexity index is 2610. The molecule has 0 amide bonds. The van der Waals surface area contributed by atoms with E-state index in [1.54, 1.807) is 46.9 Å². The van der Waals surface area contributed by atoms with Crippen molar-refractivity contribution in [2.24, 2.45) is 0 Å². The van der Waals surface area contributed by atoms with Crippen LogP contribution in [0, 0.1) is 11.6 Å². The molecule has 4 heterocycles. The Kier molecular flexibility index (Phi) is 8.22. The van der Waals surface area contributed by atoms with Crippen LogP contribution in [0.4, 0.5) is 8.78 Å². The van der Waals surface area contributed by atoms with Gasteiger partial charge in [0.15, 0.2) is 0 Å². The van der Waals surface area contributed by atoms with Gasteiger partial charge in [-0.05, 0) is 83.9 Å². The average Bonchev–Trinajstić information content (AvgIpc) is 3.98. The van der Waals surface area contributed by atoms with Crippen LogP contribution in [0.5, 0.6) is 0 Å². The normalized spacial score (nSPS) is 11.4. The summed E-state index contributed by atoms with van der Waals surface area (Å²) >= 11 is 3.11. The van der Waals surface area contributed by atoms with Crippen molar-refractivity contribution in [2.45, 2.75) is 13.1 Å². The van der Waals surface area contributed by atoms with E-state index in [0.717, 1.165) is 63.6 Å². The van der Waals surface area contributed by atoms with Crippen LogP contribution in [-0.4, -0.2) is 40.0 Å². The maximum atomic E-state index is 13.2. The summed E-state index contributed by atoms with van der Waals surface area (Å²) in [5, 5.41) is 19.1. The highest BCUT2D eigenvalue weighted by molar-refractivity contribution is 7.23. The molecule has 6 aromatic carbocycles. The molecule has 8 nitrogen and oxygen atoms in total. The van der Waals surface area contributed by atoms with Crippen molar-refractivity contribution in [1.82, 2.24) is 40.0 Å². The molecule has 10 aromatic rings. The largest absolute Gasteiger partial charge is 0.240 e. The topological polar surface area (TPSA) is 87.2 Å². The van der Waals surface area contributed by atoms with Crippen LogP contribution in [-0.2, 0) is 13.1 Å². The molecule has 0 bridgehead atoms. The molecule has 0 aliphatic carbocycles. The van der Waals surface area contributed by atoms with Gasteiger partial charge < -0.3 is 0 Å². The molecule has 4 aromatic heterocycles. The van der Waals surface area contributed by atoms with E-state index < -0.39 is 0 Å². The number of thiazole rings is 2. The van der Waals surface area contributed by atoms with Crippen molar-refractivity contribution in [2.75, 3.05) is 0 Å². The van der Waals surface area contributed by atoms with Crippen LogP contribution in [0.2, 0.25) is 0 Å². The van der Waals surface area contributed by atoms with Gasteiger partial charge in [-0.2, -0.15) is 0 Å². The van der Waals surface area contributed by atoms with Gasteiger partial charge in [-0.15, -0.1) is 32.9 Å². The molecule has 0 saturated carbocycles. The van der Waals surface area contributed by atoms with Crippen LogP contribution in [0.25, 0.3) is 63.6 Å². The van der Waals surface area contributed by atoms with E-state index in [1.807, 2.05) is 70.0 Å². The molecule has 10 rings (SSSR count). The highest BCUT2D eigenvalue weighted by Crippen LogP contribution is 2.35. The molecule has 52 heavy (non-hydrogen) atoms. The van der Waals surface area contributed by atoms with E-state index in [-0.39, 0.29) is 11.6 Å². The number of hydrogen-bond donors (Lipinski definition) is 0. The standard InChI is InChI=1S/2C20H13FN4S/c2*21-15-8-6-14(7-9-15)20-22-16-10-11-17-18(19(16)26-20)23-24-25(17)12-13-4-2-1-3-5-13/h2*1-11H,12H2. The monoisotopic (exact) mass is 720 g/mol. The number of halogens is 2. The van der Waals surface area contributed by atoms with Gasteiger partial charge in [-0.25, -0.2) is 28.1 Å². The zero-order valence-corrected chi connectivity index (χ0v) is 28.9. The molecular formula is C40H26F2N8S2. The first-order valence-corrected chi connectivity index (χ1v) is 18.0. The summed E-state index contributed by atoms with van der Waals surface area (Å²) < 4.78 is 32.1. The van der Waals surface area contributed by atoms with Gasteiger partial charge in [-0.1, -0.05) is 71.1 Å². The summed E-state index contributed by atoms with van der Waals surface area (Å²) in [6.07, 6.45) is 0. The molecule has 0 fully saturated rings. The fraction of sp³-hybridized carbons (Fsp3) is 0.0500. The summed E-state index contributed by atoms with van der Waals surface area (Å²) in [5.41, 5.74) is 9.59. The molecule has 0 aliphatic rings. The first-order valence-electron chi connectivity index (χ1n) is 16.4. The minimum Gasteiger partial charge on any atom is -0.240 e. The third kappa shape index (κ3) is 6.18. The summed E-state index contributed by atoms with van der Waals surface area (Å²) in [6.45, 7) is 1.35. The fourth-order valence-corrected chi connectivity index (χ4v) is 8.12. The number of rotatable bonds is 6. The zero-order chi connectivity index (χ0) is 35.0. The van der Waals surface area contributed by atoms with Gasteiger partial charge in [0, 0.05) is 11.1 Å². The van der Waals surface area contributed by atoms with Crippen LogP contribution in [0.15, 0.2) is 133 Å². The van der Waals surface area contributed by atoms with Gasteiger partial charge in [0.25, 0.3) is 0 Å². The average molecular weight is 721 g/mol. The predicted octanol–water partition coefficient (Wildman–Crippen LogP) is 9.79. The highest BCUT2D eigenvalue weighted by Gasteiger charge is 2.16. The maximum Gasteiger partial charge on any atom is 0.132 e. The second-order valence-electron chi connectivity index (χ2n) is 12.1. The summed E-state index contributed by atoms with van der Waals surface area (Å²) in [7, 11) is 0. The number of fused-ring (bicyclic) bond motifs is 6. The predicted molar refractivity (Wildman–Crippen MR) is 203 cm³/mol. The summed E-state index contributed by atoms with van der Waals surface area (Å²) in [4.78, 5) is 9.35. The SMILES string of the molecule is Fc1ccc(-c2nc3ccc4c(nnn4Cc4ccccc4)c3s2)cc1.Fc1ccc(-c2nc3ccc4c(nnn4Cc4ccccc4)c3s2)cc1. The maximum absolute atomic E-state index is 13.2. The number of benzene rings is 6. The quantitative estimate of drug-likeness (QED) is 0.170. The van der Waals surface area contributed by atoms with Crippen LogP contribution in [0.1, 0.15) is 11.1 Å². The Morgan fingerprint density at radius 1 is 0.462 bits per heavy atom. The molecule has 252 valence electrons. The Morgan fingerprint density at radius 3 is 1.27 bits per heavy atom. The molecule has 0 N–H and O–H groups in total. The summed E-state index contributed by atoms with van der Waals surface area (Å²) in [6, 6.07) is 41.2. The van der Waals surface area contributed by atoms with Crippen molar-refractivity contribution in [3.05, 3.63) is 156 Å². The minimum atomic E-state index is -0.249. The van der Waals surface area contributed by atoms with Crippen molar-refractivity contribution < 1.29 is 8.78 Å². The second kappa shape index (κ2) is 13.5. The van der Waals surface area contributed by atoms with Gasteiger partial charge in [-0.3, -0.25) is 0 Å². The van der Waals surface area contributed by atoms with E-state index in [4.69, 9.17) is 0 Å². The molecule has 0 unspecified atom stereocenters. The van der Waals surface area contributed by atoms with Gasteiger partial charge in [0.1, 0.15) is 32.7 Å². The first kappa shape index (κ1) is 31.7. The van der Waals surface area contributed by atoms with Crippen molar-refractivity contribution in [3.63, 3.8) is 0 Å². The molecule has 0 spiro atoms. The Morgan fingerprint density at radius 2 is 0.865 bits per heavy atom. The molecule has 0 aliphatic heterocycles. The minimum absolute atomic E-state index is 0.249. The lowest BCUT2D eigenvalue weighted by Gasteiger charge is -2.02. The van der Waals surface area contributed by atoms with E-state index >= 15 is 0 Å². The van der Waals surface area contributed by atoms with Crippen molar-refractivity contribution in [3.8, 4) is 21.1 Å². The third-order valence-corrected chi connectivity index (χ3v) is 10.9. The lowest BCUT2D eigenvalue weighted by molar-refractivity contribution is 0.627. The second-order valence-corrected chi connectivity index (χ2v) is 14.1. The molecule has 0 radical (unpaired) electrons. The smallest absolute Gasteiger partial charge is 0.132 e. The molecule has 0 saturated heterocycles. The summed E-state index contributed by atoms with van der Waals surface area (Å²) in [5.74, 6) is -0.498. The molecule has 12 heteroatoms. The Labute approximate surface area is 303 Å². The van der Waals surface area contributed by atoms with Gasteiger partial charge in [0.05, 0.1) is 44.6 Å². The number of hydrogen-bond acceptors (Lipinski definition) is 8. The van der Waals surface area contributed by atoms with Crippen LogP contribution in [0.3, 0.4) is 0 Å². The third-order valence-electron chi connectivity index (χ3n) is 8.61. The Balaban J connectivity index is 0.000000138. The number of nitrogens with zero attached hydrogens (tertiary/aromatic N) is 8. The van der Waals surface area contributed by atoms with E-state index in [1.165, 1.54) is 35.4 Å². The van der Waals surface area contributed by atoms with E-state index in [0.29, 0.717) is 13.1 Å². The highest BCUT2D eigenvalue weighted by atomic mass is 32.1. The van der Waals surface area contributed by atoms with E-state index in [9.17, 15) is 8.78 Å². The van der Waals surface area contributed by atoms with Gasteiger partial charge >= 0.3 is 0 Å². The fourth-order valence-electron chi connectivity index (χ4n) is 6.02. The zero-order valence-electron chi connectivity index (χ0n) is 27.3. The van der Waals surface area contributed by atoms with Crippen molar-refractivity contribution >= 4 is 65.2 Å².